The lowest BCUT2D eigenvalue weighted by Crippen LogP contribution is -2.35. The summed E-state index contributed by atoms with van der Waals surface area (Å²) in [5, 5.41) is 0. The molecule has 1 aliphatic carbocycles. The predicted octanol–water partition coefficient (Wildman–Crippen LogP) is 2.92. The minimum atomic E-state index is 1.01. The lowest BCUT2D eigenvalue weighted by molar-refractivity contribution is 0.161. The second-order valence-corrected chi connectivity index (χ2v) is 5.22. The van der Waals surface area contributed by atoms with Crippen LogP contribution in [0, 0.1) is 11.8 Å². The van der Waals surface area contributed by atoms with Crippen molar-refractivity contribution >= 4 is 0 Å². The van der Waals surface area contributed by atoms with E-state index in [0.29, 0.717) is 0 Å². The first kappa shape index (κ1) is 9.41. The summed E-state index contributed by atoms with van der Waals surface area (Å²) in [6.45, 7) is 3.84. The third-order valence-corrected chi connectivity index (χ3v) is 3.93. The molecule has 0 N–H and O–H groups in total. The first-order chi connectivity index (χ1) is 7.40. The minimum Gasteiger partial charge on any atom is -0.299 e. The molecule has 3 rings (SSSR count). The second-order valence-electron chi connectivity index (χ2n) is 5.22. The van der Waals surface area contributed by atoms with E-state index in [-0.39, 0.29) is 0 Å². The van der Waals surface area contributed by atoms with Crippen LogP contribution in [-0.2, 0) is 6.54 Å². The Hall–Kier alpha value is -0.820. The van der Waals surface area contributed by atoms with E-state index in [9.17, 15) is 0 Å². The van der Waals surface area contributed by atoms with E-state index in [4.69, 9.17) is 0 Å². The molecule has 1 heterocycles. The second kappa shape index (κ2) is 3.97. The van der Waals surface area contributed by atoms with Crippen molar-refractivity contribution in [1.29, 1.82) is 0 Å². The fourth-order valence-corrected chi connectivity index (χ4v) is 3.29. The molecule has 1 aliphatic heterocycles. The quantitative estimate of drug-likeness (QED) is 0.711. The molecule has 1 unspecified atom stereocenters. The molecule has 80 valence electrons. The van der Waals surface area contributed by atoms with Crippen LogP contribution >= 0.6 is 0 Å². The largest absolute Gasteiger partial charge is 0.299 e. The van der Waals surface area contributed by atoms with Crippen molar-refractivity contribution in [3.8, 4) is 0 Å². The maximum absolute atomic E-state index is 2.65. The summed E-state index contributed by atoms with van der Waals surface area (Å²) in [4.78, 5) is 2.65. The van der Waals surface area contributed by atoms with Gasteiger partial charge in [0, 0.05) is 19.6 Å². The van der Waals surface area contributed by atoms with Crippen molar-refractivity contribution in [2.24, 2.45) is 11.8 Å². The summed E-state index contributed by atoms with van der Waals surface area (Å²) >= 11 is 0. The van der Waals surface area contributed by atoms with Crippen molar-refractivity contribution in [2.75, 3.05) is 13.1 Å². The predicted molar refractivity (Wildman–Crippen MR) is 62.6 cm³/mol. The van der Waals surface area contributed by atoms with Gasteiger partial charge in [0.15, 0.2) is 0 Å². The van der Waals surface area contributed by atoms with Gasteiger partial charge in [-0.1, -0.05) is 30.3 Å². The Morgan fingerprint density at radius 3 is 2.33 bits per heavy atom. The van der Waals surface area contributed by atoms with Crippen molar-refractivity contribution in [2.45, 2.75) is 25.8 Å². The highest BCUT2D eigenvalue weighted by molar-refractivity contribution is 5.14. The van der Waals surface area contributed by atoms with Gasteiger partial charge in [-0.3, -0.25) is 4.90 Å². The van der Waals surface area contributed by atoms with E-state index in [1.165, 1.54) is 37.9 Å². The Morgan fingerprint density at radius 1 is 1.00 bits per heavy atom. The molecule has 15 heavy (non-hydrogen) atoms. The number of piperidine rings is 1. The van der Waals surface area contributed by atoms with E-state index in [1.54, 1.807) is 0 Å². The van der Waals surface area contributed by atoms with Crippen molar-refractivity contribution in [3.63, 3.8) is 0 Å². The molecule has 1 nitrogen and oxygen atoms in total. The van der Waals surface area contributed by atoms with Crippen LogP contribution in [0.1, 0.15) is 24.8 Å². The fraction of sp³-hybridized carbons (Fsp3) is 0.571. The standard InChI is InChI=1S/C14H19N/c1-2-4-12(5-3-1)9-15-10-13-6-7-14(8-13)11-15/h1-5,13-14H,6-11H2/t13-,14?/m0/s1. The number of benzene rings is 1. The van der Waals surface area contributed by atoms with E-state index >= 15 is 0 Å². The van der Waals surface area contributed by atoms with E-state index < -0.39 is 0 Å². The van der Waals surface area contributed by atoms with Gasteiger partial charge in [-0.15, -0.1) is 0 Å². The number of likely N-dealkylation sites (tertiary alicyclic amines) is 1. The zero-order valence-corrected chi connectivity index (χ0v) is 9.23. The highest BCUT2D eigenvalue weighted by Crippen LogP contribution is 2.36. The Morgan fingerprint density at radius 2 is 1.67 bits per heavy atom. The smallest absolute Gasteiger partial charge is 0.0233 e. The van der Waals surface area contributed by atoms with Gasteiger partial charge in [0.05, 0.1) is 0 Å². The summed E-state index contributed by atoms with van der Waals surface area (Å²) in [5.74, 6) is 2.01. The Balaban J connectivity index is 1.65. The average molecular weight is 201 g/mol. The lowest BCUT2D eigenvalue weighted by Gasteiger charge is -2.31. The highest BCUT2D eigenvalue weighted by atomic mass is 15.1. The highest BCUT2D eigenvalue weighted by Gasteiger charge is 2.32. The Labute approximate surface area is 92.1 Å². The van der Waals surface area contributed by atoms with Crippen LogP contribution in [0.3, 0.4) is 0 Å². The molecular formula is C14H19N. The molecule has 0 amide bonds. The number of rotatable bonds is 2. The molecule has 0 radical (unpaired) electrons. The molecule has 1 aromatic carbocycles. The number of nitrogens with zero attached hydrogens (tertiary/aromatic N) is 1. The van der Waals surface area contributed by atoms with E-state index in [1.807, 2.05) is 0 Å². The summed E-state index contributed by atoms with van der Waals surface area (Å²) in [5.41, 5.74) is 1.47. The average Bonchev–Trinajstić information content (AvgIpc) is 2.60. The molecule has 1 heteroatoms. The third kappa shape index (κ3) is 2.07. The van der Waals surface area contributed by atoms with Gasteiger partial charge in [-0.25, -0.2) is 0 Å². The zero-order chi connectivity index (χ0) is 10.1. The van der Waals surface area contributed by atoms with Gasteiger partial charge < -0.3 is 0 Å². The topological polar surface area (TPSA) is 3.24 Å². The van der Waals surface area contributed by atoms with Crippen LogP contribution in [0.5, 0.6) is 0 Å². The molecule has 1 aromatic rings. The summed E-state index contributed by atoms with van der Waals surface area (Å²) in [6.07, 6.45) is 4.47. The van der Waals surface area contributed by atoms with Crippen LogP contribution < -0.4 is 0 Å². The van der Waals surface area contributed by atoms with Crippen molar-refractivity contribution in [3.05, 3.63) is 35.9 Å². The minimum absolute atomic E-state index is 1.01. The molecule has 1 saturated carbocycles. The van der Waals surface area contributed by atoms with Gasteiger partial charge in [0.25, 0.3) is 0 Å². The SMILES string of the molecule is c1ccc(CN2CC3CC[C@@H](C3)C2)cc1. The molecule has 2 aliphatic rings. The first-order valence-corrected chi connectivity index (χ1v) is 6.16. The normalized spacial score (nSPS) is 30.7. The summed E-state index contributed by atoms with van der Waals surface area (Å²) in [6, 6.07) is 10.9. The van der Waals surface area contributed by atoms with Crippen LogP contribution in [0.25, 0.3) is 0 Å². The van der Waals surface area contributed by atoms with Gasteiger partial charge in [-0.2, -0.15) is 0 Å². The summed E-state index contributed by atoms with van der Waals surface area (Å²) in [7, 11) is 0. The first-order valence-electron chi connectivity index (χ1n) is 6.16. The number of hydrogen-bond acceptors (Lipinski definition) is 1. The van der Waals surface area contributed by atoms with Crippen LogP contribution in [0.15, 0.2) is 30.3 Å². The van der Waals surface area contributed by atoms with Crippen LogP contribution in [-0.4, -0.2) is 18.0 Å². The number of hydrogen-bond donors (Lipinski definition) is 0. The van der Waals surface area contributed by atoms with Crippen LogP contribution in [0.4, 0.5) is 0 Å². The monoisotopic (exact) mass is 201 g/mol. The molecule has 1 saturated heterocycles. The Bertz CT molecular complexity index is 307. The van der Waals surface area contributed by atoms with Crippen LogP contribution in [0.2, 0.25) is 0 Å². The van der Waals surface area contributed by atoms with E-state index in [0.717, 1.165) is 18.4 Å². The maximum atomic E-state index is 2.65. The van der Waals surface area contributed by atoms with Crippen molar-refractivity contribution < 1.29 is 0 Å². The summed E-state index contributed by atoms with van der Waals surface area (Å²) < 4.78 is 0. The van der Waals surface area contributed by atoms with Gasteiger partial charge in [0.2, 0.25) is 0 Å². The molecular weight excluding hydrogens is 182 g/mol. The van der Waals surface area contributed by atoms with E-state index in [2.05, 4.69) is 35.2 Å². The van der Waals surface area contributed by atoms with Crippen molar-refractivity contribution in [1.82, 2.24) is 4.90 Å². The Kier molecular flexibility index (Phi) is 2.49. The maximum Gasteiger partial charge on any atom is 0.0233 e. The molecule has 2 fully saturated rings. The van der Waals surface area contributed by atoms with Gasteiger partial charge >= 0.3 is 0 Å². The lowest BCUT2D eigenvalue weighted by atomic mass is 9.98. The molecule has 0 spiro atoms. The fourth-order valence-electron chi connectivity index (χ4n) is 3.29. The van der Waals surface area contributed by atoms with Gasteiger partial charge in [0.1, 0.15) is 0 Å². The molecule has 0 aromatic heterocycles. The third-order valence-electron chi connectivity index (χ3n) is 3.93. The molecule has 2 atom stereocenters. The number of fused-ring (bicyclic) bond motifs is 2. The molecule has 2 bridgehead atoms. The zero-order valence-electron chi connectivity index (χ0n) is 9.23. The van der Waals surface area contributed by atoms with Gasteiger partial charge in [-0.05, 0) is 36.7 Å².